The minimum Gasteiger partial charge on any atom is -0.486 e. The highest BCUT2D eigenvalue weighted by molar-refractivity contribution is 7.09. The fourth-order valence-corrected chi connectivity index (χ4v) is 2.86. The summed E-state index contributed by atoms with van der Waals surface area (Å²) < 4.78 is 34.2. The van der Waals surface area contributed by atoms with E-state index >= 15 is 0 Å². The Labute approximate surface area is 158 Å². The molecule has 0 bridgehead atoms. The van der Waals surface area contributed by atoms with Crippen LogP contribution in [0.15, 0.2) is 53.9 Å². The molecular weight excluding hydrogens is 374 g/mol. The second kappa shape index (κ2) is 8.59. The number of anilines is 1. The molecule has 1 aromatic heterocycles. The molecular formula is C19H16F2N2O3S. The first-order chi connectivity index (χ1) is 13.0. The minimum atomic E-state index is -2.89. The number of aromatic nitrogens is 1. The molecule has 3 rings (SSSR count). The van der Waals surface area contributed by atoms with Crippen molar-refractivity contribution in [3.63, 3.8) is 0 Å². The van der Waals surface area contributed by atoms with Gasteiger partial charge in [-0.25, -0.2) is 4.98 Å². The molecule has 1 N–H and O–H groups in total. The Bertz CT molecular complexity index is 896. The smallest absolute Gasteiger partial charge is 0.387 e. The van der Waals surface area contributed by atoms with Crippen molar-refractivity contribution in [1.82, 2.24) is 4.98 Å². The number of aryl methyl sites for hydroxylation is 1. The first-order valence-corrected chi connectivity index (χ1v) is 8.87. The SMILES string of the molecule is Cc1ccc(OCc2nc(C(=O)Nc3ccc(OC(F)F)cc3)cs2)cc1. The van der Waals surface area contributed by atoms with Gasteiger partial charge in [-0.2, -0.15) is 8.78 Å². The number of halogens is 2. The molecule has 0 aliphatic rings. The lowest BCUT2D eigenvalue weighted by Gasteiger charge is -2.06. The topological polar surface area (TPSA) is 60.5 Å². The number of rotatable bonds is 7. The summed E-state index contributed by atoms with van der Waals surface area (Å²) in [6.07, 6.45) is 0. The Morgan fingerprint density at radius 2 is 1.78 bits per heavy atom. The van der Waals surface area contributed by atoms with Crippen molar-refractivity contribution in [3.8, 4) is 11.5 Å². The van der Waals surface area contributed by atoms with Gasteiger partial charge in [0.05, 0.1) is 0 Å². The van der Waals surface area contributed by atoms with Gasteiger partial charge >= 0.3 is 6.61 Å². The Hall–Kier alpha value is -3.00. The van der Waals surface area contributed by atoms with Gasteiger partial charge in [-0.3, -0.25) is 4.79 Å². The summed E-state index contributed by atoms with van der Waals surface area (Å²) in [6, 6.07) is 13.3. The van der Waals surface area contributed by atoms with Crippen LogP contribution in [0.25, 0.3) is 0 Å². The van der Waals surface area contributed by atoms with Crippen LogP contribution in [0.3, 0.4) is 0 Å². The van der Waals surface area contributed by atoms with E-state index in [0.717, 1.165) is 11.3 Å². The quantitative estimate of drug-likeness (QED) is 0.624. The number of nitrogens with one attached hydrogen (secondary N) is 1. The van der Waals surface area contributed by atoms with Gasteiger partial charge in [0, 0.05) is 11.1 Å². The van der Waals surface area contributed by atoms with E-state index in [-0.39, 0.29) is 18.1 Å². The highest BCUT2D eigenvalue weighted by atomic mass is 32.1. The molecule has 140 valence electrons. The van der Waals surface area contributed by atoms with E-state index in [4.69, 9.17) is 4.74 Å². The van der Waals surface area contributed by atoms with Gasteiger partial charge in [0.2, 0.25) is 0 Å². The molecule has 27 heavy (non-hydrogen) atoms. The van der Waals surface area contributed by atoms with E-state index in [1.165, 1.54) is 35.6 Å². The van der Waals surface area contributed by atoms with Gasteiger partial charge in [0.15, 0.2) is 0 Å². The van der Waals surface area contributed by atoms with Crippen LogP contribution in [0, 0.1) is 6.92 Å². The third-order valence-corrected chi connectivity index (χ3v) is 4.33. The van der Waals surface area contributed by atoms with Crippen molar-refractivity contribution < 1.29 is 23.0 Å². The summed E-state index contributed by atoms with van der Waals surface area (Å²) in [6.45, 7) is -0.628. The van der Waals surface area contributed by atoms with Crippen molar-refractivity contribution in [3.05, 3.63) is 70.2 Å². The van der Waals surface area contributed by atoms with Crippen molar-refractivity contribution in [1.29, 1.82) is 0 Å². The van der Waals surface area contributed by atoms with Gasteiger partial charge in [-0.15, -0.1) is 11.3 Å². The molecule has 0 saturated carbocycles. The maximum Gasteiger partial charge on any atom is 0.387 e. The van der Waals surface area contributed by atoms with Crippen LogP contribution in [0.5, 0.6) is 11.5 Å². The van der Waals surface area contributed by atoms with Crippen LogP contribution >= 0.6 is 11.3 Å². The van der Waals surface area contributed by atoms with E-state index in [2.05, 4.69) is 15.0 Å². The first kappa shape index (κ1) is 18.8. The van der Waals surface area contributed by atoms with E-state index in [0.29, 0.717) is 10.7 Å². The van der Waals surface area contributed by atoms with E-state index < -0.39 is 12.5 Å². The number of carbonyl (C=O) groups excluding carboxylic acids is 1. The fraction of sp³-hybridized carbons (Fsp3) is 0.158. The van der Waals surface area contributed by atoms with Crippen LogP contribution in [-0.2, 0) is 6.61 Å². The van der Waals surface area contributed by atoms with E-state index in [9.17, 15) is 13.6 Å². The van der Waals surface area contributed by atoms with Crippen molar-refractivity contribution >= 4 is 22.9 Å². The molecule has 0 fully saturated rings. The average molecular weight is 390 g/mol. The molecule has 2 aromatic carbocycles. The Kier molecular flexibility index (Phi) is 5.97. The van der Waals surface area contributed by atoms with Crippen LogP contribution in [0.4, 0.5) is 14.5 Å². The lowest BCUT2D eigenvalue weighted by molar-refractivity contribution is -0.0498. The molecule has 0 radical (unpaired) electrons. The van der Waals surface area contributed by atoms with E-state index in [1.54, 1.807) is 5.38 Å². The predicted octanol–water partition coefficient (Wildman–Crippen LogP) is 4.88. The fourth-order valence-electron chi connectivity index (χ4n) is 2.18. The third-order valence-electron chi connectivity index (χ3n) is 3.51. The molecule has 5 nitrogen and oxygen atoms in total. The molecule has 0 spiro atoms. The van der Waals surface area contributed by atoms with Crippen molar-refractivity contribution in [2.45, 2.75) is 20.1 Å². The standard InChI is InChI=1S/C19H16F2N2O3S/c1-12-2-6-14(7-3-12)25-10-17-23-16(11-27-17)18(24)22-13-4-8-15(9-5-13)26-19(20)21/h2-9,11,19H,10H2,1H3,(H,22,24). The first-order valence-electron chi connectivity index (χ1n) is 8.00. The number of hydrogen-bond donors (Lipinski definition) is 1. The summed E-state index contributed by atoms with van der Waals surface area (Å²) in [5, 5.41) is 4.96. The van der Waals surface area contributed by atoms with Gasteiger partial charge in [0.1, 0.15) is 28.8 Å². The lowest BCUT2D eigenvalue weighted by atomic mass is 10.2. The summed E-state index contributed by atoms with van der Waals surface area (Å²) in [5.74, 6) is 0.357. The zero-order valence-corrected chi connectivity index (χ0v) is 15.1. The maximum atomic E-state index is 12.2. The highest BCUT2D eigenvalue weighted by Crippen LogP contribution is 2.20. The normalized spacial score (nSPS) is 10.7. The molecule has 8 heteroatoms. The minimum absolute atomic E-state index is 0.0206. The predicted molar refractivity (Wildman–Crippen MR) is 98.7 cm³/mol. The van der Waals surface area contributed by atoms with Crippen molar-refractivity contribution in [2.75, 3.05) is 5.32 Å². The van der Waals surface area contributed by atoms with Crippen LogP contribution in [-0.4, -0.2) is 17.5 Å². The second-order valence-electron chi connectivity index (χ2n) is 5.59. The van der Waals surface area contributed by atoms with Gasteiger partial charge in [-0.05, 0) is 43.3 Å². The van der Waals surface area contributed by atoms with Crippen molar-refractivity contribution in [2.24, 2.45) is 0 Å². The Morgan fingerprint density at radius 1 is 1.11 bits per heavy atom. The van der Waals surface area contributed by atoms with Crippen LogP contribution < -0.4 is 14.8 Å². The van der Waals surface area contributed by atoms with Gasteiger partial charge < -0.3 is 14.8 Å². The zero-order valence-electron chi connectivity index (χ0n) is 14.3. The van der Waals surface area contributed by atoms with Gasteiger partial charge in [-0.1, -0.05) is 17.7 Å². The number of ether oxygens (including phenoxy) is 2. The molecule has 3 aromatic rings. The van der Waals surface area contributed by atoms with Crippen LogP contribution in [0.2, 0.25) is 0 Å². The molecule has 0 unspecified atom stereocenters. The molecule has 0 aliphatic carbocycles. The van der Waals surface area contributed by atoms with Gasteiger partial charge in [0.25, 0.3) is 5.91 Å². The maximum absolute atomic E-state index is 12.2. The number of thiazole rings is 1. The molecule has 0 saturated heterocycles. The number of hydrogen-bond acceptors (Lipinski definition) is 5. The Morgan fingerprint density at radius 3 is 2.44 bits per heavy atom. The zero-order chi connectivity index (χ0) is 19.2. The number of amides is 1. The van der Waals surface area contributed by atoms with E-state index in [1.807, 2.05) is 31.2 Å². The summed E-state index contributed by atoms with van der Waals surface area (Å²) in [7, 11) is 0. The Balaban J connectivity index is 1.55. The molecule has 0 aliphatic heterocycles. The third kappa shape index (κ3) is 5.49. The molecule has 1 heterocycles. The average Bonchev–Trinajstić information content (AvgIpc) is 3.12. The van der Waals surface area contributed by atoms with Crippen LogP contribution in [0.1, 0.15) is 21.1 Å². The lowest BCUT2D eigenvalue weighted by Crippen LogP contribution is -2.12. The summed E-state index contributed by atoms with van der Waals surface area (Å²) >= 11 is 1.32. The summed E-state index contributed by atoms with van der Waals surface area (Å²) in [4.78, 5) is 16.5. The molecule has 1 amide bonds. The largest absolute Gasteiger partial charge is 0.486 e. The number of nitrogens with zero attached hydrogens (tertiary/aromatic N) is 1. The molecule has 0 atom stereocenters. The number of carbonyl (C=O) groups is 1. The number of benzene rings is 2. The second-order valence-corrected chi connectivity index (χ2v) is 6.53. The monoisotopic (exact) mass is 390 g/mol. The highest BCUT2D eigenvalue weighted by Gasteiger charge is 2.12. The number of alkyl halides is 2. The summed E-state index contributed by atoms with van der Waals surface area (Å²) in [5.41, 5.74) is 1.85.